The smallest absolute Gasteiger partial charge is 0.295 e. The maximum atomic E-state index is 12.5. The molecule has 0 radical (unpaired) electrons. The number of nitrogens with zero attached hydrogens (tertiary/aromatic N) is 1. The van der Waals surface area contributed by atoms with Gasteiger partial charge in [0.2, 0.25) is 0 Å². The summed E-state index contributed by atoms with van der Waals surface area (Å²) >= 11 is 0.954. The number of para-hydroxylation sites is 1. The van der Waals surface area contributed by atoms with Gasteiger partial charge in [0.1, 0.15) is 5.75 Å². The van der Waals surface area contributed by atoms with Gasteiger partial charge in [0.05, 0.1) is 18.2 Å². The molecule has 1 heterocycles. The number of amides is 2. The van der Waals surface area contributed by atoms with Gasteiger partial charge >= 0.3 is 0 Å². The van der Waals surface area contributed by atoms with Crippen molar-refractivity contribution in [2.45, 2.75) is 6.92 Å². The highest BCUT2D eigenvalue weighted by molar-refractivity contribution is 8.18. The summed E-state index contributed by atoms with van der Waals surface area (Å²) in [5, 5.41) is 2.81. The van der Waals surface area contributed by atoms with E-state index in [4.69, 9.17) is 4.74 Å². The first-order chi connectivity index (χ1) is 12.2. The summed E-state index contributed by atoms with van der Waals surface area (Å²) in [4.78, 5) is 26.2. The van der Waals surface area contributed by atoms with Crippen molar-refractivity contribution in [1.29, 1.82) is 0 Å². The maximum absolute atomic E-state index is 12.5. The molecule has 3 rings (SSSR count). The molecular weight excluding hydrogens is 336 g/mol. The van der Waals surface area contributed by atoms with Gasteiger partial charge in [-0.2, -0.15) is 0 Å². The molecule has 0 saturated carbocycles. The first-order valence-corrected chi connectivity index (χ1v) is 8.76. The van der Waals surface area contributed by atoms with Crippen molar-refractivity contribution >= 4 is 34.7 Å². The molecule has 0 unspecified atom stereocenters. The Bertz CT molecular complexity index is 788. The first-order valence-electron chi connectivity index (χ1n) is 7.94. The number of hydrogen-bond acceptors (Lipinski definition) is 5. The Balaban J connectivity index is 1.67. The number of imide groups is 1. The summed E-state index contributed by atoms with van der Waals surface area (Å²) in [6.07, 6.45) is 1.73. The summed E-state index contributed by atoms with van der Waals surface area (Å²) in [5.41, 5.74) is 1.71. The van der Waals surface area contributed by atoms with Gasteiger partial charge < -0.3 is 10.1 Å². The lowest BCUT2D eigenvalue weighted by atomic mass is 10.2. The van der Waals surface area contributed by atoms with Crippen molar-refractivity contribution < 1.29 is 14.3 Å². The number of nitrogens with one attached hydrogen (secondary N) is 1. The number of carbonyl (C=O) groups excluding carboxylic acids is 2. The number of benzene rings is 2. The van der Waals surface area contributed by atoms with E-state index in [0.717, 1.165) is 28.8 Å². The lowest BCUT2D eigenvalue weighted by molar-refractivity contribution is -0.122. The number of hydrogen-bond donors (Lipinski definition) is 1. The zero-order valence-corrected chi connectivity index (χ0v) is 14.6. The van der Waals surface area contributed by atoms with Gasteiger partial charge in [0.15, 0.2) is 0 Å². The van der Waals surface area contributed by atoms with E-state index < -0.39 is 0 Å². The number of rotatable bonds is 6. The highest BCUT2D eigenvalue weighted by atomic mass is 32.2. The second kappa shape index (κ2) is 7.90. The van der Waals surface area contributed by atoms with E-state index in [0.29, 0.717) is 11.5 Å². The van der Waals surface area contributed by atoms with Crippen molar-refractivity contribution in [3.8, 4) is 5.75 Å². The molecule has 1 fully saturated rings. The van der Waals surface area contributed by atoms with Gasteiger partial charge in [-0.05, 0) is 54.6 Å². The Morgan fingerprint density at radius 3 is 2.48 bits per heavy atom. The van der Waals surface area contributed by atoms with Crippen molar-refractivity contribution in [2.24, 2.45) is 0 Å². The average molecular weight is 354 g/mol. The fraction of sp³-hybridized carbons (Fsp3) is 0.158. The van der Waals surface area contributed by atoms with Gasteiger partial charge in [0, 0.05) is 5.69 Å². The van der Waals surface area contributed by atoms with Crippen molar-refractivity contribution in [2.75, 3.05) is 18.6 Å². The second-order valence-corrected chi connectivity index (χ2v) is 6.31. The summed E-state index contributed by atoms with van der Waals surface area (Å²) in [5.74, 6) is 0.493. The van der Waals surface area contributed by atoms with E-state index in [1.54, 1.807) is 6.08 Å². The standard InChI is InChI=1S/C19H18N2O3S/c1-2-24-16-10-8-14(9-11-16)12-17-18(22)21(19(23)25-17)13-20-15-6-4-3-5-7-15/h3-12,20H,2,13H2,1H3. The molecule has 25 heavy (non-hydrogen) atoms. The molecule has 2 aromatic carbocycles. The molecule has 5 nitrogen and oxygen atoms in total. The number of ether oxygens (including phenoxy) is 1. The van der Waals surface area contributed by atoms with Crippen LogP contribution in [-0.4, -0.2) is 29.3 Å². The first kappa shape index (κ1) is 17.1. The molecule has 1 aliphatic rings. The van der Waals surface area contributed by atoms with Crippen LogP contribution in [0.4, 0.5) is 10.5 Å². The van der Waals surface area contributed by atoms with Crippen LogP contribution < -0.4 is 10.1 Å². The fourth-order valence-corrected chi connectivity index (χ4v) is 3.18. The molecular formula is C19H18N2O3S. The van der Waals surface area contributed by atoms with Crippen molar-refractivity contribution in [3.05, 3.63) is 65.1 Å². The lowest BCUT2D eigenvalue weighted by Crippen LogP contribution is -2.33. The van der Waals surface area contributed by atoms with Crippen LogP contribution in [0.25, 0.3) is 6.08 Å². The van der Waals surface area contributed by atoms with E-state index in [-0.39, 0.29) is 17.8 Å². The predicted molar refractivity (Wildman–Crippen MR) is 100 cm³/mol. The van der Waals surface area contributed by atoms with E-state index >= 15 is 0 Å². The molecule has 2 amide bonds. The molecule has 0 atom stereocenters. The van der Waals surface area contributed by atoms with Crippen LogP contribution in [0.3, 0.4) is 0 Å². The molecule has 0 bridgehead atoms. The average Bonchev–Trinajstić information content (AvgIpc) is 2.89. The van der Waals surface area contributed by atoms with Gasteiger partial charge in [-0.3, -0.25) is 14.5 Å². The van der Waals surface area contributed by atoms with Crippen LogP contribution in [0, 0.1) is 0 Å². The van der Waals surface area contributed by atoms with Crippen molar-refractivity contribution in [1.82, 2.24) is 4.90 Å². The largest absolute Gasteiger partial charge is 0.494 e. The van der Waals surface area contributed by atoms with Crippen LogP contribution in [0.5, 0.6) is 5.75 Å². The Kier molecular flexibility index (Phi) is 5.40. The van der Waals surface area contributed by atoms with Gasteiger partial charge in [-0.25, -0.2) is 0 Å². The molecule has 2 aromatic rings. The maximum Gasteiger partial charge on any atom is 0.295 e. The van der Waals surface area contributed by atoms with Crippen LogP contribution in [0.1, 0.15) is 12.5 Å². The third-order valence-electron chi connectivity index (χ3n) is 3.58. The van der Waals surface area contributed by atoms with Crippen LogP contribution in [0.15, 0.2) is 59.5 Å². The van der Waals surface area contributed by atoms with Crippen LogP contribution in [0.2, 0.25) is 0 Å². The number of anilines is 1. The molecule has 1 aliphatic heterocycles. The fourth-order valence-electron chi connectivity index (χ4n) is 2.34. The molecule has 128 valence electrons. The highest BCUT2D eigenvalue weighted by Gasteiger charge is 2.34. The molecule has 1 N–H and O–H groups in total. The second-order valence-electron chi connectivity index (χ2n) is 5.31. The Labute approximate surface area is 150 Å². The number of carbonyl (C=O) groups is 2. The monoisotopic (exact) mass is 354 g/mol. The predicted octanol–water partition coefficient (Wildman–Crippen LogP) is 4.19. The normalized spacial score (nSPS) is 15.7. The zero-order chi connectivity index (χ0) is 17.6. The molecule has 0 aliphatic carbocycles. The highest BCUT2D eigenvalue weighted by Crippen LogP contribution is 2.32. The Morgan fingerprint density at radius 2 is 1.80 bits per heavy atom. The van der Waals surface area contributed by atoms with E-state index in [1.165, 1.54) is 4.90 Å². The molecule has 1 saturated heterocycles. The van der Waals surface area contributed by atoms with Crippen LogP contribution in [-0.2, 0) is 4.79 Å². The van der Waals surface area contributed by atoms with E-state index in [9.17, 15) is 9.59 Å². The Morgan fingerprint density at radius 1 is 1.08 bits per heavy atom. The molecule has 6 heteroatoms. The van der Waals surface area contributed by atoms with Crippen molar-refractivity contribution in [3.63, 3.8) is 0 Å². The minimum atomic E-state index is -0.285. The topological polar surface area (TPSA) is 58.6 Å². The van der Waals surface area contributed by atoms with Crippen LogP contribution >= 0.6 is 11.8 Å². The summed E-state index contributed by atoms with van der Waals surface area (Å²) in [6.45, 7) is 2.68. The SMILES string of the molecule is CCOc1ccc(C=C2SC(=O)N(CNc3ccccc3)C2=O)cc1. The minimum absolute atomic E-state index is 0.148. The van der Waals surface area contributed by atoms with Gasteiger partial charge in [-0.15, -0.1) is 0 Å². The summed E-state index contributed by atoms with van der Waals surface area (Å²) < 4.78 is 5.40. The van der Waals surface area contributed by atoms with E-state index in [2.05, 4.69) is 5.32 Å². The third kappa shape index (κ3) is 4.22. The zero-order valence-electron chi connectivity index (χ0n) is 13.8. The van der Waals surface area contributed by atoms with E-state index in [1.807, 2.05) is 61.5 Å². The molecule has 0 aromatic heterocycles. The quantitative estimate of drug-likeness (QED) is 0.788. The third-order valence-corrected chi connectivity index (χ3v) is 4.48. The van der Waals surface area contributed by atoms with Gasteiger partial charge in [-0.1, -0.05) is 30.3 Å². The lowest BCUT2D eigenvalue weighted by Gasteiger charge is -2.14. The Hall–Kier alpha value is -2.73. The van der Waals surface area contributed by atoms with Gasteiger partial charge in [0.25, 0.3) is 11.1 Å². The summed E-state index contributed by atoms with van der Waals surface area (Å²) in [6, 6.07) is 16.9. The molecule has 0 spiro atoms. The minimum Gasteiger partial charge on any atom is -0.494 e. The number of thioether (sulfide) groups is 1. The summed E-state index contributed by atoms with van der Waals surface area (Å²) in [7, 11) is 0.